The van der Waals surface area contributed by atoms with Gasteiger partial charge in [-0.2, -0.15) is 13.2 Å². The third kappa shape index (κ3) is 3.60. The Balaban J connectivity index is 3.98. The normalized spacial score (nSPS) is 14.0. The second-order valence-electron chi connectivity index (χ2n) is 8.03. The minimum atomic E-state index is -4.61. The van der Waals surface area contributed by atoms with Gasteiger partial charge in [-0.1, -0.05) is 75.7 Å². The van der Waals surface area contributed by atoms with Gasteiger partial charge in [0.05, 0.1) is 15.7 Å². The Kier molecular flexibility index (Phi) is 5.52. The summed E-state index contributed by atoms with van der Waals surface area (Å²) in [4.78, 5) is 0. The summed E-state index contributed by atoms with van der Waals surface area (Å²) in [5.74, 6) is 0. The first-order chi connectivity index (χ1) is 10.5. The average molecular weight is 326 g/mol. The number of alkyl halides is 3. The lowest BCUT2D eigenvalue weighted by atomic mass is 9.37. The first-order valence-electron chi connectivity index (χ1n) is 7.86. The molecule has 0 aliphatic rings. The third-order valence-electron chi connectivity index (χ3n) is 4.87. The molecule has 0 atom stereocenters. The van der Waals surface area contributed by atoms with Gasteiger partial charge in [0.25, 0.3) is 0 Å². The molecule has 0 bridgehead atoms. The van der Waals surface area contributed by atoms with Gasteiger partial charge in [0.1, 0.15) is 15.7 Å². The van der Waals surface area contributed by atoms with Crippen LogP contribution in [0.1, 0.15) is 64.7 Å². The van der Waals surface area contributed by atoms with E-state index in [0.717, 1.165) is 6.07 Å². The van der Waals surface area contributed by atoms with Crippen molar-refractivity contribution in [3.8, 4) is 0 Å². The van der Waals surface area contributed by atoms with Gasteiger partial charge in [-0.3, -0.25) is 0 Å². The first kappa shape index (κ1) is 21.3. The van der Waals surface area contributed by atoms with Gasteiger partial charge in [-0.05, 0) is 16.4 Å². The molecule has 0 aromatic heterocycles. The van der Waals surface area contributed by atoms with E-state index in [2.05, 4.69) is 0 Å². The van der Waals surface area contributed by atoms with E-state index in [0.29, 0.717) is 6.42 Å². The van der Waals surface area contributed by atoms with E-state index in [1.165, 1.54) is 0 Å². The summed E-state index contributed by atoms with van der Waals surface area (Å²) in [7, 11) is 24.8. The van der Waals surface area contributed by atoms with Crippen molar-refractivity contribution >= 4 is 42.3 Å². The molecule has 0 heterocycles. The fourth-order valence-electron chi connectivity index (χ4n) is 2.81. The van der Waals surface area contributed by atoms with Crippen LogP contribution < -0.4 is 10.9 Å². The molecular weight excluding hydrogens is 304 g/mol. The monoisotopic (exact) mass is 326 g/mol. The van der Waals surface area contributed by atoms with Crippen LogP contribution >= 0.6 is 0 Å². The van der Waals surface area contributed by atoms with Crippen molar-refractivity contribution in [3.05, 3.63) is 22.8 Å². The standard InChI is InChI=1S/C17H21B4F3/c1-7-15(5,6)16(20,21)11-10(18)8-9(17(22,23)24)13(19)12(11)14(2,3)4/h8H,7H2,1-6H3. The number of rotatable bonds is 3. The second-order valence-corrected chi connectivity index (χ2v) is 8.03. The molecule has 1 rings (SSSR count). The molecule has 122 valence electrons. The molecule has 0 spiro atoms. The molecule has 1 aromatic rings. The zero-order valence-electron chi connectivity index (χ0n) is 15.2. The Morgan fingerprint density at radius 3 is 1.71 bits per heavy atom. The van der Waals surface area contributed by atoms with Gasteiger partial charge in [0, 0.05) is 5.56 Å². The maximum atomic E-state index is 13.3. The highest BCUT2D eigenvalue weighted by molar-refractivity contribution is 6.45. The molecule has 8 radical (unpaired) electrons. The Labute approximate surface area is 149 Å². The highest BCUT2D eigenvalue weighted by Crippen LogP contribution is 2.43. The van der Waals surface area contributed by atoms with Crippen molar-refractivity contribution in [2.45, 2.75) is 64.8 Å². The SMILES string of the molecule is [B]c1cc(C(F)(F)F)c([B])c(C(C)(C)C)c1C([B])([B])C(C)(C)CC. The van der Waals surface area contributed by atoms with Crippen molar-refractivity contribution in [1.82, 2.24) is 0 Å². The molecule has 0 nitrogen and oxygen atoms in total. The van der Waals surface area contributed by atoms with Crippen LogP contribution in [0.5, 0.6) is 0 Å². The van der Waals surface area contributed by atoms with Gasteiger partial charge in [0.2, 0.25) is 0 Å². The summed E-state index contributed by atoms with van der Waals surface area (Å²) in [6.07, 6.45) is -3.99. The Morgan fingerprint density at radius 2 is 1.38 bits per heavy atom. The Hall–Kier alpha value is -0.730. The average Bonchev–Trinajstić information content (AvgIpc) is 2.37. The molecule has 24 heavy (non-hydrogen) atoms. The number of hydrogen-bond acceptors (Lipinski definition) is 0. The van der Waals surface area contributed by atoms with E-state index in [1.807, 2.05) is 20.8 Å². The van der Waals surface area contributed by atoms with E-state index >= 15 is 0 Å². The van der Waals surface area contributed by atoms with Crippen LogP contribution in [0.3, 0.4) is 0 Å². The van der Waals surface area contributed by atoms with Gasteiger partial charge in [-0.25, -0.2) is 0 Å². The van der Waals surface area contributed by atoms with Crippen LogP contribution in [-0.2, 0) is 16.8 Å². The second kappa shape index (κ2) is 6.21. The number of benzene rings is 1. The molecule has 0 aliphatic carbocycles. The van der Waals surface area contributed by atoms with E-state index in [9.17, 15) is 13.2 Å². The van der Waals surface area contributed by atoms with Crippen molar-refractivity contribution in [3.63, 3.8) is 0 Å². The lowest BCUT2D eigenvalue weighted by Gasteiger charge is -2.47. The molecule has 1 aromatic carbocycles. The summed E-state index contributed by atoms with van der Waals surface area (Å²) in [5.41, 5.74) is -2.21. The minimum absolute atomic E-state index is 0.0898. The van der Waals surface area contributed by atoms with Crippen molar-refractivity contribution in [1.29, 1.82) is 0 Å². The summed E-state index contributed by atoms with van der Waals surface area (Å²) >= 11 is 0. The van der Waals surface area contributed by atoms with Crippen LogP contribution in [0.15, 0.2) is 6.07 Å². The summed E-state index contributed by atoms with van der Waals surface area (Å²) in [5, 5.41) is -1.44. The summed E-state index contributed by atoms with van der Waals surface area (Å²) in [6.45, 7) is 10.9. The predicted molar refractivity (Wildman–Crippen MR) is 98.2 cm³/mol. The van der Waals surface area contributed by atoms with E-state index in [-0.39, 0.29) is 22.1 Å². The van der Waals surface area contributed by atoms with Crippen molar-refractivity contribution in [2.24, 2.45) is 5.41 Å². The highest BCUT2D eigenvalue weighted by Gasteiger charge is 2.42. The van der Waals surface area contributed by atoms with Crippen LogP contribution in [0.25, 0.3) is 0 Å². The van der Waals surface area contributed by atoms with Gasteiger partial charge in [0.15, 0.2) is 0 Å². The molecule has 0 aliphatic heterocycles. The van der Waals surface area contributed by atoms with Gasteiger partial charge < -0.3 is 0 Å². The van der Waals surface area contributed by atoms with Crippen LogP contribution in [-0.4, -0.2) is 31.4 Å². The summed E-state index contributed by atoms with van der Waals surface area (Å²) in [6, 6.07) is 0.833. The Bertz CT molecular complexity index is 626. The molecular formula is C17H21B4F3. The third-order valence-corrected chi connectivity index (χ3v) is 4.87. The number of halogens is 3. The van der Waals surface area contributed by atoms with E-state index in [4.69, 9.17) is 31.4 Å². The molecule has 0 saturated heterocycles. The zero-order chi connectivity index (χ0) is 19.3. The topological polar surface area (TPSA) is 0 Å². The molecule has 0 saturated carbocycles. The zero-order valence-corrected chi connectivity index (χ0v) is 15.2. The molecule has 0 amide bonds. The Morgan fingerprint density at radius 1 is 0.917 bits per heavy atom. The van der Waals surface area contributed by atoms with Crippen LogP contribution in [0.2, 0.25) is 0 Å². The lowest BCUT2D eigenvalue weighted by molar-refractivity contribution is -0.136. The predicted octanol–water partition coefficient (Wildman–Crippen LogP) is 2.52. The van der Waals surface area contributed by atoms with Crippen molar-refractivity contribution in [2.75, 3.05) is 0 Å². The largest absolute Gasteiger partial charge is 0.415 e. The van der Waals surface area contributed by atoms with Gasteiger partial charge >= 0.3 is 6.18 Å². The fourth-order valence-corrected chi connectivity index (χ4v) is 2.81. The minimum Gasteiger partial charge on any atom is -0.166 e. The molecule has 0 unspecified atom stereocenters. The molecule has 7 heteroatoms. The molecule has 0 fully saturated rings. The van der Waals surface area contributed by atoms with Crippen LogP contribution in [0.4, 0.5) is 13.2 Å². The quantitative estimate of drug-likeness (QED) is 0.749. The van der Waals surface area contributed by atoms with E-state index < -0.39 is 27.8 Å². The van der Waals surface area contributed by atoms with Crippen LogP contribution in [0, 0.1) is 5.41 Å². The maximum Gasteiger partial charge on any atom is 0.415 e. The lowest BCUT2D eigenvalue weighted by Crippen LogP contribution is -2.50. The number of hydrogen-bond donors (Lipinski definition) is 0. The highest BCUT2D eigenvalue weighted by atomic mass is 19.4. The van der Waals surface area contributed by atoms with Gasteiger partial charge in [-0.15, -0.1) is 0 Å². The fraction of sp³-hybridized carbons (Fsp3) is 0.647. The van der Waals surface area contributed by atoms with E-state index in [1.54, 1.807) is 20.8 Å². The van der Waals surface area contributed by atoms with Crippen molar-refractivity contribution < 1.29 is 13.2 Å². The summed E-state index contributed by atoms with van der Waals surface area (Å²) < 4.78 is 40.0. The first-order valence-corrected chi connectivity index (χ1v) is 7.86. The molecule has 0 N–H and O–H groups in total. The maximum absolute atomic E-state index is 13.3. The smallest absolute Gasteiger partial charge is 0.166 e.